The van der Waals surface area contributed by atoms with Crippen LogP contribution in [0.5, 0.6) is 0 Å². The van der Waals surface area contributed by atoms with Crippen LogP contribution in [0.1, 0.15) is 121 Å². The van der Waals surface area contributed by atoms with E-state index in [1.165, 1.54) is 0 Å². The van der Waals surface area contributed by atoms with Gasteiger partial charge in [0, 0.05) is 13.0 Å². The van der Waals surface area contributed by atoms with E-state index in [1.54, 1.807) is 69.2 Å². The van der Waals surface area contributed by atoms with Gasteiger partial charge in [0.25, 0.3) is 0 Å². The second kappa shape index (κ2) is 32.7. The molecule has 0 aromatic heterocycles. The number of amides is 8. The number of nitrogens with two attached hydrogens (primary N) is 3. The normalized spacial score (nSPS) is 15.5. The van der Waals surface area contributed by atoms with E-state index in [2.05, 4.69) is 47.5 Å². The van der Waals surface area contributed by atoms with E-state index in [-0.39, 0.29) is 50.0 Å². The SMILES string of the molecule is CC[C@H](C)[C@H](NC(=O)[C@@H](NC(=O)[C@@H](N)CO)[C@@H](C)CC)C(=O)NCC(=O)N[C@@H](CCCN=C(N)N)C(=O)N[C@@H](CC(C)C)C(=O)N[C@@H](CC(C)C)C(=O)N[C@@H](CCC(=O)O)C(=O)N[C@H](C(=O)O)C(C)C. The molecule has 10 atom stereocenters. The molecule has 0 aromatic carbocycles. The minimum atomic E-state index is -1.49. The van der Waals surface area contributed by atoms with Crippen LogP contribution in [0.4, 0.5) is 0 Å². The predicted octanol–water partition coefficient (Wildman–Crippen LogP) is -2.34. The second-order valence-corrected chi connectivity index (χ2v) is 18.8. The van der Waals surface area contributed by atoms with E-state index < -0.39 is 151 Å². The molecule has 0 aliphatic carbocycles. The summed E-state index contributed by atoms with van der Waals surface area (Å²) >= 11 is 0. The third-order valence-electron chi connectivity index (χ3n) is 11.3. The highest BCUT2D eigenvalue weighted by Gasteiger charge is 2.36. The summed E-state index contributed by atoms with van der Waals surface area (Å²) in [4.78, 5) is 135. The maximum absolute atomic E-state index is 14.0. The van der Waals surface area contributed by atoms with E-state index in [9.17, 15) is 63.3 Å². The third kappa shape index (κ3) is 24.4. The zero-order chi connectivity index (χ0) is 54.0. The Morgan fingerprint density at radius 3 is 1.40 bits per heavy atom. The van der Waals surface area contributed by atoms with Crippen LogP contribution in [0.3, 0.4) is 0 Å². The molecule has 25 nitrogen and oxygen atoms in total. The van der Waals surface area contributed by atoms with Gasteiger partial charge in [-0.15, -0.1) is 0 Å². The van der Waals surface area contributed by atoms with Gasteiger partial charge in [0.05, 0.1) is 13.2 Å². The van der Waals surface area contributed by atoms with Crippen LogP contribution in [0.25, 0.3) is 0 Å². The van der Waals surface area contributed by atoms with Gasteiger partial charge in [-0.25, -0.2) is 4.79 Å². The number of aliphatic hydroxyl groups is 1. The van der Waals surface area contributed by atoms with Gasteiger partial charge < -0.3 is 75.1 Å². The first kappa shape index (κ1) is 63.9. The molecule has 0 saturated heterocycles. The molecule has 8 amide bonds. The Kier molecular flexibility index (Phi) is 29.8. The van der Waals surface area contributed by atoms with Gasteiger partial charge in [0.1, 0.15) is 48.3 Å². The molecule has 0 aliphatic rings. The lowest BCUT2D eigenvalue weighted by atomic mass is 9.94. The van der Waals surface area contributed by atoms with E-state index in [1.807, 2.05) is 0 Å². The van der Waals surface area contributed by atoms with Crippen molar-refractivity contribution < 1.29 is 63.3 Å². The van der Waals surface area contributed by atoms with E-state index in [4.69, 9.17) is 17.2 Å². The van der Waals surface area contributed by atoms with Crippen LogP contribution < -0.4 is 59.7 Å². The summed E-state index contributed by atoms with van der Waals surface area (Å²) in [5, 5.41) is 48.6. The lowest BCUT2D eigenvalue weighted by Crippen LogP contribution is -2.60. The van der Waals surface area contributed by atoms with Gasteiger partial charge in [0.2, 0.25) is 47.3 Å². The fourth-order valence-electron chi connectivity index (χ4n) is 6.81. The highest BCUT2D eigenvalue weighted by Crippen LogP contribution is 2.14. The molecule has 0 rings (SSSR count). The lowest BCUT2D eigenvalue weighted by Gasteiger charge is -2.29. The maximum atomic E-state index is 14.0. The molecular weight excluding hydrogens is 917 g/mol. The molecule has 0 bridgehead atoms. The van der Waals surface area contributed by atoms with Crippen LogP contribution >= 0.6 is 0 Å². The van der Waals surface area contributed by atoms with Crippen molar-refractivity contribution in [1.29, 1.82) is 0 Å². The van der Waals surface area contributed by atoms with Crippen LogP contribution in [0, 0.1) is 29.6 Å². The number of rotatable bonds is 34. The average Bonchev–Trinajstić information content (AvgIpc) is 3.28. The minimum Gasteiger partial charge on any atom is -0.481 e. The Morgan fingerprint density at radius 2 is 0.971 bits per heavy atom. The molecule has 0 aliphatic heterocycles. The Hall–Kier alpha value is -6.11. The van der Waals surface area contributed by atoms with Gasteiger partial charge in [0.15, 0.2) is 5.96 Å². The van der Waals surface area contributed by atoms with Gasteiger partial charge >= 0.3 is 11.9 Å². The van der Waals surface area contributed by atoms with Gasteiger partial charge in [-0.3, -0.25) is 48.1 Å². The Bertz CT molecular complexity index is 1790. The topological polar surface area (TPSA) is 418 Å². The van der Waals surface area contributed by atoms with Crippen molar-refractivity contribution in [2.24, 2.45) is 51.8 Å². The molecule has 400 valence electrons. The molecule has 0 heterocycles. The summed E-state index contributed by atoms with van der Waals surface area (Å²) < 4.78 is 0. The molecule has 0 spiro atoms. The van der Waals surface area contributed by atoms with Crippen LogP contribution in [-0.2, 0) is 47.9 Å². The largest absolute Gasteiger partial charge is 0.481 e. The smallest absolute Gasteiger partial charge is 0.326 e. The molecule has 0 aromatic rings. The standard InChI is InChI=1S/C45H82N12O13/c1-11-25(9)35(57-43(68)36(26(10)12-2)56-37(62)27(46)21-58)42(67)50-20-32(59)51-28(14-13-17-49-45(47)48)38(63)53-31(19-23(5)6)41(66)54-30(18-22(3)4)40(65)52-29(15-16-33(60)61)39(64)55-34(24(7)8)44(69)70/h22-31,34-36,58H,11-21,46H2,1-10H3,(H,50,67)(H,51,59)(H,52,65)(H,53,63)(H,54,66)(H,55,64)(H,56,62)(H,57,68)(H,60,61)(H,69,70)(H4,47,48,49)/t25-,26-,27-,28-,29-,30-,31-,34-,35-,36-/m0/s1. The number of carbonyl (C=O) groups is 10. The van der Waals surface area contributed by atoms with Crippen molar-refractivity contribution in [1.82, 2.24) is 42.5 Å². The highest BCUT2D eigenvalue weighted by atomic mass is 16.4. The summed E-state index contributed by atoms with van der Waals surface area (Å²) in [6.07, 6.45) is 0.120. The molecule has 0 saturated carbocycles. The zero-order valence-electron chi connectivity index (χ0n) is 42.4. The molecule has 0 fully saturated rings. The van der Waals surface area contributed by atoms with Crippen molar-refractivity contribution >= 4 is 65.2 Å². The summed E-state index contributed by atoms with van der Waals surface area (Å²) in [5.41, 5.74) is 16.6. The first-order valence-electron chi connectivity index (χ1n) is 23.9. The third-order valence-corrected chi connectivity index (χ3v) is 11.3. The summed E-state index contributed by atoms with van der Waals surface area (Å²) in [5.74, 6) is -11.1. The number of guanidine groups is 1. The number of aliphatic imine (C=N–C) groups is 1. The molecule has 0 radical (unpaired) electrons. The van der Waals surface area contributed by atoms with E-state index in [0.29, 0.717) is 12.8 Å². The van der Waals surface area contributed by atoms with Crippen LogP contribution in [0.15, 0.2) is 4.99 Å². The summed E-state index contributed by atoms with van der Waals surface area (Å²) in [6.45, 7) is 15.9. The van der Waals surface area contributed by atoms with E-state index >= 15 is 0 Å². The number of carboxylic acids is 2. The Balaban J connectivity index is 6.51. The number of aliphatic hydroxyl groups excluding tert-OH is 1. The zero-order valence-corrected chi connectivity index (χ0v) is 42.4. The fraction of sp³-hybridized carbons (Fsp3) is 0.756. The van der Waals surface area contributed by atoms with Crippen LogP contribution in [-0.4, -0.2) is 149 Å². The second-order valence-electron chi connectivity index (χ2n) is 18.8. The maximum Gasteiger partial charge on any atom is 0.326 e. The number of aliphatic carboxylic acids is 2. The van der Waals surface area contributed by atoms with E-state index in [0.717, 1.165) is 0 Å². The van der Waals surface area contributed by atoms with Gasteiger partial charge in [-0.05, 0) is 61.7 Å². The van der Waals surface area contributed by atoms with Crippen molar-refractivity contribution in [3.05, 3.63) is 0 Å². The highest BCUT2D eigenvalue weighted by molar-refractivity contribution is 5.97. The summed E-state index contributed by atoms with van der Waals surface area (Å²) in [7, 11) is 0. The van der Waals surface area contributed by atoms with Crippen LogP contribution in [0.2, 0.25) is 0 Å². The number of nitrogens with one attached hydrogen (secondary N) is 8. The van der Waals surface area contributed by atoms with Crippen molar-refractivity contribution in [2.45, 2.75) is 169 Å². The number of carboxylic acid groups (broad SMARTS) is 2. The molecule has 17 N–H and O–H groups in total. The van der Waals surface area contributed by atoms with Gasteiger partial charge in [-0.2, -0.15) is 0 Å². The first-order valence-corrected chi connectivity index (χ1v) is 23.9. The minimum absolute atomic E-state index is 0.0298. The van der Waals surface area contributed by atoms with Gasteiger partial charge in [-0.1, -0.05) is 82.1 Å². The fourth-order valence-corrected chi connectivity index (χ4v) is 6.81. The van der Waals surface area contributed by atoms with Crippen molar-refractivity contribution in [3.63, 3.8) is 0 Å². The number of nitrogens with zero attached hydrogens (tertiary/aromatic N) is 1. The lowest BCUT2D eigenvalue weighted by molar-refractivity contribution is -0.144. The first-order chi connectivity index (χ1) is 32.6. The monoisotopic (exact) mass is 999 g/mol. The predicted molar refractivity (Wildman–Crippen MR) is 259 cm³/mol. The number of hydrogen-bond donors (Lipinski definition) is 14. The number of carbonyl (C=O) groups excluding carboxylic acids is 8. The Morgan fingerprint density at radius 1 is 0.543 bits per heavy atom. The summed E-state index contributed by atoms with van der Waals surface area (Å²) in [6, 6.07) is -10.3. The molecule has 25 heteroatoms. The molecule has 0 unspecified atom stereocenters. The quantitative estimate of drug-likeness (QED) is 0.0182. The number of hydrogen-bond acceptors (Lipinski definition) is 13. The average molecular weight is 999 g/mol. The van der Waals surface area contributed by atoms with Crippen molar-refractivity contribution in [2.75, 3.05) is 19.7 Å². The van der Waals surface area contributed by atoms with Crippen molar-refractivity contribution in [3.8, 4) is 0 Å². The molecular formula is C45H82N12O13. The Labute approximate surface area is 410 Å². The molecule has 70 heavy (non-hydrogen) atoms.